The van der Waals surface area contributed by atoms with Gasteiger partial charge in [-0.2, -0.15) is 5.10 Å². The average Bonchev–Trinajstić information content (AvgIpc) is 3.17. The Labute approximate surface area is 164 Å². The van der Waals surface area contributed by atoms with Gasteiger partial charge in [-0.25, -0.2) is 14.6 Å². The normalized spacial score (nSPS) is 13.4. The number of aromatic nitrogens is 4. The monoisotopic (exact) mass is 389 g/mol. The van der Waals surface area contributed by atoms with E-state index in [0.717, 1.165) is 10.5 Å². The Kier molecular flexibility index (Phi) is 3.53. The van der Waals surface area contributed by atoms with E-state index in [1.54, 1.807) is 60.5 Å². The summed E-state index contributed by atoms with van der Waals surface area (Å²) in [4.78, 5) is 35.9. The van der Waals surface area contributed by atoms with E-state index in [-0.39, 0.29) is 5.56 Å². The van der Waals surface area contributed by atoms with Gasteiger partial charge >= 0.3 is 0 Å². The minimum Gasteiger partial charge on any atom is -0.268 e. The number of amides is 2. The SMILES string of the molecule is Cn1nc(-c2ccncc2)c2c3c(cnc21)C(=O)N(c1cccc(Cl)c1)C3=O. The third kappa shape index (κ3) is 2.26. The fourth-order valence-electron chi connectivity index (χ4n) is 3.49. The highest BCUT2D eigenvalue weighted by Gasteiger charge is 2.40. The number of aryl methyl sites for hydroxylation is 1. The molecule has 7 nitrogen and oxygen atoms in total. The average molecular weight is 390 g/mol. The number of nitrogens with zero attached hydrogens (tertiary/aromatic N) is 5. The van der Waals surface area contributed by atoms with Crippen LogP contribution in [0.2, 0.25) is 5.02 Å². The maximum Gasteiger partial charge on any atom is 0.267 e. The van der Waals surface area contributed by atoms with Gasteiger partial charge in [0.05, 0.1) is 22.2 Å². The molecule has 0 unspecified atom stereocenters. The fourth-order valence-corrected chi connectivity index (χ4v) is 3.67. The van der Waals surface area contributed by atoms with Gasteiger partial charge in [0.2, 0.25) is 0 Å². The summed E-state index contributed by atoms with van der Waals surface area (Å²) in [6, 6.07) is 10.2. The van der Waals surface area contributed by atoms with Crippen LogP contribution in [-0.4, -0.2) is 31.6 Å². The highest BCUT2D eigenvalue weighted by atomic mass is 35.5. The van der Waals surface area contributed by atoms with Crippen molar-refractivity contribution in [3.05, 3.63) is 71.1 Å². The molecule has 0 aliphatic carbocycles. The maximum absolute atomic E-state index is 13.3. The number of pyridine rings is 2. The molecule has 0 radical (unpaired) electrons. The van der Waals surface area contributed by atoms with E-state index >= 15 is 0 Å². The number of benzene rings is 1. The molecular formula is C20H12ClN5O2. The Bertz CT molecular complexity index is 1280. The summed E-state index contributed by atoms with van der Waals surface area (Å²) >= 11 is 6.05. The number of hydrogen-bond donors (Lipinski definition) is 0. The zero-order valence-electron chi connectivity index (χ0n) is 14.6. The van der Waals surface area contributed by atoms with Crippen molar-refractivity contribution in [3.63, 3.8) is 0 Å². The standard InChI is InChI=1S/C20H12ClN5O2/c1-25-18-16(17(24-25)11-5-7-22-8-6-11)15-14(10-23-18)19(27)26(20(15)28)13-4-2-3-12(21)9-13/h2-10H,1H3. The Morgan fingerprint density at radius 3 is 2.57 bits per heavy atom. The summed E-state index contributed by atoms with van der Waals surface area (Å²) in [6.45, 7) is 0. The predicted octanol–water partition coefficient (Wildman–Crippen LogP) is 3.48. The zero-order chi connectivity index (χ0) is 19.4. The number of carbonyl (C=O) groups is 2. The van der Waals surface area contributed by atoms with Gasteiger partial charge in [0, 0.05) is 36.2 Å². The van der Waals surface area contributed by atoms with Crippen LogP contribution in [0, 0.1) is 0 Å². The van der Waals surface area contributed by atoms with E-state index in [0.29, 0.717) is 33.0 Å². The molecule has 0 saturated heterocycles. The first-order chi connectivity index (χ1) is 13.6. The molecule has 1 aromatic carbocycles. The second-order valence-corrected chi connectivity index (χ2v) is 6.82. The van der Waals surface area contributed by atoms with E-state index in [1.807, 2.05) is 0 Å². The summed E-state index contributed by atoms with van der Waals surface area (Å²) in [6.07, 6.45) is 4.73. The maximum atomic E-state index is 13.3. The van der Waals surface area contributed by atoms with Crippen molar-refractivity contribution in [2.75, 3.05) is 4.90 Å². The smallest absolute Gasteiger partial charge is 0.267 e. The Balaban J connectivity index is 1.78. The Hall–Kier alpha value is -3.58. The first kappa shape index (κ1) is 16.6. The quantitative estimate of drug-likeness (QED) is 0.490. The van der Waals surface area contributed by atoms with Gasteiger partial charge < -0.3 is 0 Å². The van der Waals surface area contributed by atoms with E-state index in [9.17, 15) is 9.59 Å². The van der Waals surface area contributed by atoms with Gasteiger partial charge in [-0.15, -0.1) is 0 Å². The van der Waals surface area contributed by atoms with E-state index < -0.39 is 11.8 Å². The first-order valence-electron chi connectivity index (χ1n) is 8.46. The molecule has 8 heteroatoms. The molecule has 4 aromatic rings. The lowest BCUT2D eigenvalue weighted by Gasteiger charge is -2.13. The van der Waals surface area contributed by atoms with Crippen molar-refractivity contribution >= 4 is 40.1 Å². The summed E-state index contributed by atoms with van der Waals surface area (Å²) in [5, 5.41) is 5.52. The van der Waals surface area contributed by atoms with Crippen LogP contribution in [-0.2, 0) is 7.05 Å². The van der Waals surface area contributed by atoms with Crippen molar-refractivity contribution in [3.8, 4) is 11.3 Å². The zero-order valence-corrected chi connectivity index (χ0v) is 15.4. The number of fused-ring (bicyclic) bond motifs is 3. The van der Waals surface area contributed by atoms with Crippen molar-refractivity contribution in [2.45, 2.75) is 0 Å². The van der Waals surface area contributed by atoms with E-state index in [1.165, 1.54) is 6.20 Å². The Morgan fingerprint density at radius 1 is 1.04 bits per heavy atom. The van der Waals surface area contributed by atoms with Crippen LogP contribution in [0.3, 0.4) is 0 Å². The van der Waals surface area contributed by atoms with Gasteiger partial charge in [0.1, 0.15) is 5.69 Å². The highest BCUT2D eigenvalue weighted by Crippen LogP contribution is 2.37. The van der Waals surface area contributed by atoms with Crippen LogP contribution in [0.1, 0.15) is 20.7 Å². The third-order valence-corrected chi connectivity index (χ3v) is 4.96. The molecule has 3 aromatic heterocycles. The van der Waals surface area contributed by atoms with Gasteiger partial charge in [0.15, 0.2) is 5.65 Å². The molecule has 4 heterocycles. The summed E-state index contributed by atoms with van der Waals surface area (Å²) in [5.74, 6) is -0.848. The van der Waals surface area contributed by atoms with Crippen LogP contribution in [0.15, 0.2) is 55.0 Å². The third-order valence-electron chi connectivity index (χ3n) is 4.72. The van der Waals surface area contributed by atoms with E-state index in [2.05, 4.69) is 15.1 Å². The van der Waals surface area contributed by atoms with Crippen molar-refractivity contribution in [1.29, 1.82) is 0 Å². The van der Waals surface area contributed by atoms with Gasteiger partial charge in [-0.05, 0) is 30.3 Å². The molecule has 0 fully saturated rings. The predicted molar refractivity (Wildman–Crippen MR) is 104 cm³/mol. The second-order valence-electron chi connectivity index (χ2n) is 6.38. The fraction of sp³-hybridized carbons (Fsp3) is 0.0500. The van der Waals surface area contributed by atoms with Gasteiger partial charge in [-0.1, -0.05) is 17.7 Å². The number of anilines is 1. The molecular weight excluding hydrogens is 378 g/mol. The lowest BCUT2D eigenvalue weighted by Crippen LogP contribution is -2.29. The van der Waals surface area contributed by atoms with Crippen molar-refractivity contribution in [2.24, 2.45) is 7.05 Å². The molecule has 28 heavy (non-hydrogen) atoms. The molecule has 136 valence electrons. The summed E-state index contributed by atoms with van der Waals surface area (Å²) in [7, 11) is 1.75. The van der Waals surface area contributed by atoms with Gasteiger partial charge in [0.25, 0.3) is 11.8 Å². The molecule has 0 spiro atoms. The molecule has 2 amide bonds. The number of halogens is 1. The van der Waals surface area contributed by atoms with Crippen molar-refractivity contribution < 1.29 is 9.59 Å². The van der Waals surface area contributed by atoms with Crippen LogP contribution in [0.5, 0.6) is 0 Å². The highest BCUT2D eigenvalue weighted by molar-refractivity contribution is 6.38. The minimum atomic E-state index is -0.429. The van der Waals surface area contributed by atoms with Crippen LogP contribution in [0.4, 0.5) is 5.69 Å². The minimum absolute atomic E-state index is 0.251. The lowest BCUT2D eigenvalue weighted by molar-refractivity contribution is 0.0926. The number of imide groups is 1. The topological polar surface area (TPSA) is 81.0 Å². The van der Waals surface area contributed by atoms with Crippen LogP contribution >= 0.6 is 11.6 Å². The number of carbonyl (C=O) groups excluding carboxylic acids is 2. The Morgan fingerprint density at radius 2 is 1.82 bits per heavy atom. The molecule has 0 atom stereocenters. The van der Waals surface area contributed by atoms with Crippen LogP contribution < -0.4 is 4.90 Å². The lowest BCUT2D eigenvalue weighted by atomic mass is 10.0. The molecule has 5 rings (SSSR count). The van der Waals surface area contributed by atoms with Crippen LogP contribution in [0.25, 0.3) is 22.3 Å². The first-order valence-corrected chi connectivity index (χ1v) is 8.84. The molecule has 0 saturated carbocycles. The summed E-state index contributed by atoms with van der Waals surface area (Å²) < 4.78 is 1.60. The number of rotatable bonds is 2. The summed E-state index contributed by atoms with van der Waals surface area (Å²) in [5.41, 5.74) is 2.87. The van der Waals surface area contributed by atoms with E-state index in [4.69, 9.17) is 11.6 Å². The molecule has 1 aliphatic rings. The molecule has 0 bridgehead atoms. The number of hydrogen-bond acceptors (Lipinski definition) is 5. The second kappa shape index (κ2) is 5.97. The molecule has 1 aliphatic heterocycles. The largest absolute Gasteiger partial charge is 0.268 e. The van der Waals surface area contributed by atoms with Crippen molar-refractivity contribution in [1.82, 2.24) is 19.7 Å². The van der Waals surface area contributed by atoms with Gasteiger partial charge in [-0.3, -0.25) is 14.6 Å². The molecule has 0 N–H and O–H groups in total.